The van der Waals surface area contributed by atoms with Crippen molar-refractivity contribution < 1.29 is 27.1 Å². The first-order valence-electron chi connectivity index (χ1n) is 13.6. The number of anilines is 1. The molecule has 5 atom stereocenters. The van der Waals surface area contributed by atoms with Crippen molar-refractivity contribution in [1.29, 1.82) is 0 Å². The van der Waals surface area contributed by atoms with Gasteiger partial charge in [-0.05, 0) is 55.9 Å². The highest BCUT2D eigenvalue weighted by atomic mass is 19.3. The summed E-state index contributed by atoms with van der Waals surface area (Å²) in [6, 6.07) is 8.61. The number of halogens is 5. The van der Waals surface area contributed by atoms with Gasteiger partial charge in [0.1, 0.15) is 18.2 Å². The lowest BCUT2D eigenvalue weighted by Gasteiger charge is -2.42. The lowest BCUT2D eigenvalue weighted by atomic mass is 9.80. The average molecular weight is 549 g/mol. The van der Waals surface area contributed by atoms with E-state index in [-0.39, 0.29) is 24.3 Å². The normalized spacial score (nSPS) is 27.1. The minimum atomic E-state index is -3.44. The Morgan fingerprint density at radius 1 is 1.15 bits per heavy atom. The number of aliphatic hydroxyl groups excluding tert-OH is 1. The Balaban J connectivity index is 1.36. The van der Waals surface area contributed by atoms with E-state index in [9.17, 15) is 18.3 Å². The fourth-order valence-electron chi connectivity index (χ4n) is 6.96. The number of aliphatic hydroxyl groups is 1. The highest BCUT2D eigenvalue weighted by Crippen LogP contribution is 2.45. The van der Waals surface area contributed by atoms with Crippen molar-refractivity contribution in [3.05, 3.63) is 64.9 Å². The number of nitrogens with zero attached hydrogens (tertiary/aromatic N) is 2. The first-order valence-corrected chi connectivity index (χ1v) is 13.6. The molecule has 4 aliphatic rings. The number of para-hydroxylation sites is 1. The molecule has 5 nitrogen and oxygen atoms in total. The molecule has 1 aliphatic carbocycles. The summed E-state index contributed by atoms with van der Waals surface area (Å²) >= 11 is 0. The molecule has 1 aromatic heterocycles. The maximum absolute atomic E-state index is 15.9. The van der Waals surface area contributed by atoms with Crippen LogP contribution in [0.4, 0.5) is 27.6 Å². The molecule has 0 unspecified atom stereocenters. The predicted molar refractivity (Wildman–Crippen MR) is 140 cm³/mol. The van der Waals surface area contributed by atoms with E-state index < -0.39 is 42.8 Å². The lowest BCUT2D eigenvalue weighted by molar-refractivity contribution is -0.0869. The minimum Gasteiger partial charge on any atom is -0.390 e. The van der Waals surface area contributed by atoms with Crippen molar-refractivity contribution in [2.45, 2.75) is 56.3 Å². The van der Waals surface area contributed by atoms with E-state index in [1.165, 1.54) is 17.0 Å². The van der Waals surface area contributed by atoms with E-state index >= 15 is 8.78 Å². The van der Waals surface area contributed by atoms with Gasteiger partial charge < -0.3 is 15.4 Å². The smallest absolute Gasteiger partial charge is 0.283 e. The molecule has 1 saturated carbocycles. The maximum Gasteiger partial charge on any atom is 0.283 e. The van der Waals surface area contributed by atoms with Gasteiger partial charge in [-0.3, -0.25) is 14.2 Å². The number of alkyl halides is 3. The lowest BCUT2D eigenvalue weighted by Crippen LogP contribution is -2.49. The molecule has 39 heavy (non-hydrogen) atoms. The Morgan fingerprint density at radius 3 is 2.62 bits per heavy atom. The molecule has 3 aromatic rings. The second-order valence-electron chi connectivity index (χ2n) is 11.3. The number of fused-ring (bicyclic) bond motifs is 4. The van der Waals surface area contributed by atoms with Crippen LogP contribution in [0.5, 0.6) is 0 Å². The van der Waals surface area contributed by atoms with Crippen molar-refractivity contribution in [1.82, 2.24) is 14.8 Å². The third-order valence-electron chi connectivity index (χ3n) is 8.83. The number of rotatable bonds is 9. The molecule has 210 valence electrons. The van der Waals surface area contributed by atoms with Crippen LogP contribution in [0.3, 0.4) is 0 Å². The zero-order valence-electron chi connectivity index (χ0n) is 21.7. The number of H-pyrrole nitrogens is 1. The van der Waals surface area contributed by atoms with Crippen LogP contribution in [0, 0.1) is 17.6 Å². The van der Waals surface area contributed by atoms with Crippen LogP contribution in [0.15, 0.2) is 36.4 Å². The van der Waals surface area contributed by atoms with Gasteiger partial charge in [-0.15, -0.1) is 0 Å². The van der Waals surface area contributed by atoms with Crippen molar-refractivity contribution in [2.75, 3.05) is 38.2 Å². The van der Waals surface area contributed by atoms with Gasteiger partial charge in [-0.2, -0.15) is 0 Å². The van der Waals surface area contributed by atoms with Gasteiger partial charge in [-0.1, -0.05) is 18.2 Å². The number of aromatic amines is 1. The van der Waals surface area contributed by atoms with Gasteiger partial charge in [0.25, 0.3) is 5.92 Å². The van der Waals surface area contributed by atoms with Crippen molar-refractivity contribution in [3.63, 3.8) is 0 Å². The zero-order chi connectivity index (χ0) is 27.5. The molecule has 3 N–H and O–H groups in total. The van der Waals surface area contributed by atoms with E-state index in [2.05, 4.69) is 15.2 Å². The summed E-state index contributed by atoms with van der Waals surface area (Å²) in [5, 5.41) is 13.5. The van der Waals surface area contributed by atoms with Gasteiger partial charge in [0.15, 0.2) is 0 Å². The van der Waals surface area contributed by atoms with Gasteiger partial charge in [0.2, 0.25) is 0 Å². The third-order valence-corrected chi connectivity index (χ3v) is 8.83. The van der Waals surface area contributed by atoms with Gasteiger partial charge >= 0.3 is 0 Å². The summed E-state index contributed by atoms with van der Waals surface area (Å²) < 4.78 is 73.4. The molecule has 0 amide bonds. The van der Waals surface area contributed by atoms with Gasteiger partial charge in [0.05, 0.1) is 19.3 Å². The van der Waals surface area contributed by atoms with E-state index in [0.717, 1.165) is 29.4 Å². The van der Waals surface area contributed by atoms with Crippen molar-refractivity contribution >= 4 is 16.6 Å². The van der Waals surface area contributed by atoms with Crippen LogP contribution < -0.4 is 5.32 Å². The summed E-state index contributed by atoms with van der Waals surface area (Å²) in [5.41, 5.74) is 2.12. The van der Waals surface area contributed by atoms with Crippen LogP contribution in [-0.4, -0.2) is 76.9 Å². The molecular weight excluding hydrogens is 515 g/mol. The summed E-state index contributed by atoms with van der Waals surface area (Å²) in [6.07, 6.45) is 1.86. The van der Waals surface area contributed by atoms with E-state index in [1.54, 1.807) is 6.92 Å². The second-order valence-corrected chi connectivity index (χ2v) is 11.3. The largest absolute Gasteiger partial charge is 0.390 e. The monoisotopic (exact) mass is 548 g/mol. The molecule has 4 heterocycles. The molecule has 2 saturated heterocycles. The number of hydrogen-bond acceptors (Lipinski definition) is 4. The predicted octanol–water partition coefficient (Wildman–Crippen LogP) is 5.25. The Kier molecular flexibility index (Phi) is 6.84. The number of aromatic nitrogens is 1. The Bertz CT molecular complexity index is 1340. The highest BCUT2D eigenvalue weighted by Gasteiger charge is 2.51. The summed E-state index contributed by atoms with van der Waals surface area (Å²) in [6.45, 7) is 0.688. The molecule has 10 heteroatoms. The third kappa shape index (κ3) is 4.60. The van der Waals surface area contributed by atoms with Crippen molar-refractivity contribution in [2.24, 2.45) is 5.92 Å². The van der Waals surface area contributed by atoms with E-state index in [1.807, 2.05) is 24.3 Å². The highest BCUT2D eigenvalue weighted by molar-refractivity contribution is 5.85. The standard InChI is InChI=1S/C29H33F5N4O/c1-16-9-20-19-5-2-3-6-23(19)36-27(20)28(38(16)14-29(33,34)15-39)25-21(31)11-18(12-22(25)32)35-26-17-10-24(26)37(13-17)8-4-7-30/h2-3,5-6,11-12,16-17,24,26,28,35-36,39H,4,7-10,13-15H2,1H3/t16-,17-,24-,26+,28-/m1/s1. The fourth-order valence-corrected chi connectivity index (χ4v) is 6.96. The molecule has 2 aromatic carbocycles. The zero-order valence-corrected chi connectivity index (χ0v) is 21.7. The van der Waals surface area contributed by atoms with Crippen molar-refractivity contribution in [3.8, 4) is 0 Å². The topological polar surface area (TPSA) is 54.5 Å². The molecular formula is C29H33F5N4O. The number of hydrogen-bond donors (Lipinski definition) is 3. The molecule has 3 fully saturated rings. The minimum absolute atomic E-state index is 0.0315. The SMILES string of the molecule is C[C@@H]1Cc2c([nH]c3ccccc23)[C@@H](c2c(F)cc(N[C@H]3[C@@H]4C[C@H]3N(CCCF)C4)cc2F)N1CC(F)(F)CO. The van der Waals surface area contributed by atoms with Gasteiger partial charge in [0, 0.05) is 59.1 Å². The first kappa shape index (κ1) is 26.5. The Hall–Kier alpha value is -2.69. The molecule has 0 spiro atoms. The summed E-state index contributed by atoms with van der Waals surface area (Å²) in [5.74, 6) is -4.74. The van der Waals surface area contributed by atoms with E-state index in [0.29, 0.717) is 36.7 Å². The molecule has 3 aliphatic heterocycles. The van der Waals surface area contributed by atoms with Crippen LogP contribution in [0.1, 0.15) is 42.6 Å². The number of benzene rings is 2. The van der Waals surface area contributed by atoms with Crippen LogP contribution in [0.25, 0.3) is 10.9 Å². The Morgan fingerprint density at radius 2 is 1.90 bits per heavy atom. The maximum atomic E-state index is 15.9. The summed E-state index contributed by atoms with van der Waals surface area (Å²) in [4.78, 5) is 6.86. The molecule has 0 radical (unpaired) electrons. The van der Waals surface area contributed by atoms with E-state index in [4.69, 9.17) is 0 Å². The quantitative estimate of drug-likeness (QED) is 0.320. The van der Waals surface area contributed by atoms with Crippen LogP contribution in [-0.2, 0) is 6.42 Å². The summed E-state index contributed by atoms with van der Waals surface area (Å²) in [7, 11) is 0. The van der Waals surface area contributed by atoms with Gasteiger partial charge in [-0.25, -0.2) is 17.6 Å². The molecule has 2 bridgehead atoms. The van der Waals surface area contributed by atoms with Crippen LogP contribution in [0.2, 0.25) is 0 Å². The van der Waals surface area contributed by atoms with Crippen LogP contribution >= 0.6 is 0 Å². The Labute approximate surface area is 224 Å². The number of nitrogens with one attached hydrogen (secondary N) is 2. The molecule has 7 rings (SSSR count). The first-order chi connectivity index (χ1) is 18.7. The fraction of sp³-hybridized carbons (Fsp3) is 0.517. The average Bonchev–Trinajstić information content (AvgIpc) is 3.58. The second kappa shape index (κ2) is 10.1.